The van der Waals surface area contributed by atoms with Crippen LogP contribution in [0.25, 0.3) is 0 Å². The molecule has 0 spiro atoms. The van der Waals surface area contributed by atoms with Gasteiger partial charge in [-0.3, -0.25) is 15.1 Å². The number of rotatable bonds is 3. The molecule has 0 unspecified atom stereocenters. The molecule has 1 amide bonds. The second kappa shape index (κ2) is 6.22. The van der Waals surface area contributed by atoms with Crippen molar-refractivity contribution in [3.63, 3.8) is 0 Å². The molecule has 0 atom stereocenters. The summed E-state index contributed by atoms with van der Waals surface area (Å²) < 4.78 is 6.45. The molecule has 1 heterocycles. The number of benzene rings is 1. The molecule has 0 bridgehead atoms. The van der Waals surface area contributed by atoms with Gasteiger partial charge in [0.1, 0.15) is 0 Å². The molecule has 6 heteroatoms. The van der Waals surface area contributed by atoms with E-state index in [4.69, 9.17) is 10.6 Å². The Morgan fingerprint density at radius 2 is 2.30 bits per heavy atom. The average Bonchev–Trinajstić information content (AvgIpc) is 2.42. The SMILES string of the molecule is CC1(C)COCCN1Cc1ccc(C(=O)NN)cc1Br. The van der Waals surface area contributed by atoms with Crippen LogP contribution in [-0.2, 0) is 11.3 Å². The van der Waals surface area contributed by atoms with E-state index >= 15 is 0 Å². The van der Waals surface area contributed by atoms with Crippen molar-refractivity contribution < 1.29 is 9.53 Å². The van der Waals surface area contributed by atoms with Gasteiger partial charge in [0, 0.05) is 28.7 Å². The van der Waals surface area contributed by atoms with E-state index in [1.54, 1.807) is 12.1 Å². The third-order valence-electron chi connectivity index (χ3n) is 3.62. The van der Waals surface area contributed by atoms with E-state index < -0.39 is 0 Å². The first-order chi connectivity index (χ1) is 9.44. The van der Waals surface area contributed by atoms with Gasteiger partial charge in [0.05, 0.1) is 13.2 Å². The molecule has 0 radical (unpaired) electrons. The summed E-state index contributed by atoms with van der Waals surface area (Å²) in [6.07, 6.45) is 0. The lowest BCUT2D eigenvalue weighted by atomic mass is 10.0. The maximum absolute atomic E-state index is 11.5. The fraction of sp³-hybridized carbons (Fsp3) is 0.500. The second-order valence-corrected chi connectivity index (χ2v) is 6.42. The van der Waals surface area contributed by atoms with Crippen molar-refractivity contribution >= 4 is 21.8 Å². The second-order valence-electron chi connectivity index (χ2n) is 5.57. The standard InChI is InChI=1S/C14H20BrN3O2/c1-14(2)9-20-6-5-18(14)8-11-4-3-10(7-12(11)15)13(19)17-16/h3-4,7H,5-6,8-9,16H2,1-2H3,(H,17,19). The maximum Gasteiger partial charge on any atom is 0.265 e. The van der Waals surface area contributed by atoms with E-state index in [1.165, 1.54) is 0 Å². The molecule has 3 N–H and O–H groups in total. The van der Waals surface area contributed by atoms with Gasteiger partial charge in [0.15, 0.2) is 0 Å². The number of morpholine rings is 1. The van der Waals surface area contributed by atoms with Gasteiger partial charge in [0.2, 0.25) is 0 Å². The number of nitrogens with two attached hydrogens (primary N) is 1. The molecule has 1 fully saturated rings. The van der Waals surface area contributed by atoms with Crippen molar-refractivity contribution in [1.82, 2.24) is 10.3 Å². The van der Waals surface area contributed by atoms with E-state index in [2.05, 4.69) is 40.1 Å². The van der Waals surface area contributed by atoms with E-state index in [9.17, 15) is 4.79 Å². The summed E-state index contributed by atoms with van der Waals surface area (Å²) in [5.74, 6) is 4.85. The number of carbonyl (C=O) groups excluding carboxylic acids is 1. The van der Waals surface area contributed by atoms with Crippen LogP contribution < -0.4 is 11.3 Å². The topological polar surface area (TPSA) is 67.6 Å². The van der Waals surface area contributed by atoms with Crippen molar-refractivity contribution in [1.29, 1.82) is 0 Å². The molecular formula is C14H20BrN3O2. The first-order valence-electron chi connectivity index (χ1n) is 6.56. The zero-order chi connectivity index (χ0) is 14.8. The van der Waals surface area contributed by atoms with Gasteiger partial charge >= 0.3 is 0 Å². The number of nitrogens with one attached hydrogen (secondary N) is 1. The number of hydrogen-bond donors (Lipinski definition) is 2. The number of nitrogen functional groups attached to an aromatic ring is 1. The normalized spacial score (nSPS) is 18.8. The lowest BCUT2D eigenvalue weighted by molar-refractivity contribution is -0.0553. The average molecular weight is 342 g/mol. The molecule has 0 aliphatic carbocycles. The number of nitrogens with zero attached hydrogens (tertiary/aromatic N) is 1. The third-order valence-corrected chi connectivity index (χ3v) is 4.36. The number of hydrazine groups is 1. The van der Waals surface area contributed by atoms with Crippen LogP contribution in [0.1, 0.15) is 29.8 Å². The highest BCUT2D eigenvalue weighted by molar-refractivity contribution is 9.10. The van der Waals surface area contributed by atoms with Crippen molar-refractivity contribution in [2.75, 3.05) is 19.8 Å². The van der Waals surface area contributed by atoms with Gasteiger partial charge in [-0.15, -0.1) is 0 Å². The monoisotopic (exact) mass is 341 g/mol. The summed E-state index contributed by atoms with van der Waals surface area (Å²) in [6.45, 7) is 7.57. The number of carbonyl (C=O) groups is 1. The Morgan fingerprint density at radius 3 is 2.90 bits per heavy atom. The molecule has 2 rings (SSSR count). The Labute approximate surface area is 127 Å². The van der Waals surface area contributed by atoms with Crippen LogP contribution in [-0.4, -0.2) is 36.1 Å². The Kier molecular flexibility index (Phi) is 4.80. The van der Waals surface area contributed by atoms with E-state index in [1.807, 2.05) is 6.07 Å². The Morgan fingerprint density at radius 1 is 1.55 bits per heavy atom. The van der Waals surface area contributed by atoms with Crippen LogP contribution in [0.5, 0.6) is 0 Å². The Hall–Kier alpha value is -0.950. The van der Waals surface area contributed by atoms with Crippen molar-refractivity contribution in [3.05, 3.63) is 33.8 Å². The molecule has 0 saturated carbocycles. The van der Waals surface area contributed by atoms with Crippen LogP contribution in [0.2, 0.25) is 0 Å². The first kappa shape index (κ1) is 15.4. The minimum absolute atomic E-state index is 0.0188. The highest BCUT2D eigenvalue weighted by Crippen LogP contribution is 2.26. The van der Waals surface area contributed by atoms with E-state index in [0.717, 1.165) is 36.3 Å². The van der Waals surface area contributed by atoms with Crippen molar-refractivity contribution in [3.8, 4) is 0 Å². The summed E-state index contributed by atoms with van der Waals surface area (Å²) >= 11 is 3.53. The van der Waals surface area contributed by atoms with Gasteiger partial charge in [-0.25, -0.2) is 5.84 Å². The summed E-state index contributed by atoms with van der Waals surface area (Å²) in [6, 6.07) is 5.54. The summed E-state index contributed by atoms with van der Waals surface area (Å²) in [5.41, 5.74) is 3.85. The fourth-order valence-electron chi connectivity index (χ4n) is 2.29. The lowest BCUT2D eigenvalue weighted by Crippen LogP contribution is -2.52. The maximum atomic E-state index is 11.5. The smallest absolute Gasteiger partial charge is 0.265 e. The fourth-order valence-corrected chi connectivity index (χ4v) is 2.79. The number of halogens is 1. The minimum Gasteiger partial charge on any atom is -0.378 e. The summed E-state index contributed by atoms with van der Waals surface area (Å²) in [4.78, 5) is 13.9. The molecule has 1 aliphatic heterocycles. The van der Waals surface area contributed by atoms with Gasteiger partial charge in [-0.2, -0.15) is 0 Å². The molecule has 1 aromatic rings. The van der Waals surface area contributed by atoms with Crippen LogP contribution in [0, 0.1) is 0 Å². The summed E-state index contributed by atoms with van der Waals surface area (Å²) in [5, 5.41) is 0. The quantitative estimate of drug-likeness (QED) is 0.498. The van der Waals surface area contributed by atoms with Crippen LogP contribution in [0.15, 0.2) is 22.7 Å². The number of ether oxygens (including phenoxy) is 1. The van der Waals surface area contributed by atoms with Gasteiger partial charge in [-0.1, -0.05) is 22.0 Å². The van der Waals surface area contributed by atoms with Crippen LogP contribution in [0.4, 0.5) is 0 Å². The van der Waals surface area contributed by atoms with Gasteiger partial charge < -0.3 is 4.74 Å². The van der Waals surface area contributed by atoms with Crippen molar-refractivity contribution in [2.45, 2.75) is 25.9 Å². The molecule has 0 aromatic heterocycles. The molecule has 1 aliphatic rings. The highest BCUT2D eigenvalue weighted by Gasteiger charge is 2.30. The van der Waals surface area contributed by atoms with E-state index in [-0.39, 0.29) is 11.4 Å². The minimum atomic E-state index is -0.288. The number of amides is 1. The molecule has 1 aromatic carbocycles. The highest BCUT2D eigenvalue weighted by atomic mass is 79.9. The lowest BCUT2D eigenvalue weighted by Gasteiger charge is -2.42. The molecular weight excluding hydrogens is 322 g/mol. The molecule has 5 nitrogen and oxygen atoms in total. The van der Waals surface area contributed by atoms with Crippen LogP contribution >= 0.6 is 15.9 Å². The zero-order valence-electron chi connectivity index (χ0n) is 11.8. The predicted molar refractivity (Wildman–Crippen MR) is 81.1 cm³/mol. The van der Waals surface area contributed by atoms with E-state index in [0.29, 0.717) is 5.56 Å². The molecule has 20 heavy (non-hydrogen) atoms. The van der Waals surface area contributed by atoms with Crippen molar-refractivity contribution in [2.24, 2.45) is 5.84 Å². The van der Waals surface area contributed by atoms with Crippen LogP contribution in [0.3, 0.4) is 0 Å². The predicted octanol–water partition coefficient (Wildman–Crippen LogP) is 1.66. The molecule has 1 saturated heterocycles. The van der Waals surface area contributed by atoms with Gasteiger partial charge in [-0.05, 0) is 31.5 Å². The number of hydrogen-bond acceptors (Lipinski definition) is 4. The van der Waals surface area contributed by atoms with Gasteiger partial charge in [0.25, 0.3) is 5.91 Å². The Balaban J connectivity index is 2.15. The zero-order valence-corrected chi connectivity index (χ0v) is 13.4. The Bertz CT molecular complexity index is 505. The first-order valence-corrected chi connectivity index (χ1v) is 7.35. The molecule has 110 valence electrons. The third kappa shape index (κ3) is 3.38. The largest absolute Gasteiger partial charge is 0.378 e. The summed E-state index contributed by atoms with van der Waals surface area (Å²) in [7, 11) is 0.